The Morgan fingerprint density at radius 2 is 1.91 bits per heavy atom. The van der Waals surface area contributed by atoms with Crippen molar-refractivity contribution in [2.75, 3.05) is 20.1 Å². The van der Waals surface area contributed by atoms with Crippen molar-refractivity contribution in [3.05, 3.63) is 81.1 Å². The van der Waals surface area contributed by atoms with E-state index in [-0.39, 0.29) is 17.6 Å². The Balaban J connectivity index is 1.52. The van der Waals surface area contributed by atoms with Crippen molar-refractivity contribution in [3.8, 4) is 0 Å². The number of aryl methyl sites for hydroxylation is 1. The molecule has 1 saturated heterocycles. The van der Waals surface area contributed by atoms with Crippen LogP contribution in [0, 0.1) is 24.0 Å². The number of hydrogen-bond donors (Lipinski definition) is 0. The molecule has 0 unspecified atom stereocenters. The third kappa shape index (κ3) is 4.98. The van der Waals surface area contributed by atoms with Gasteiger partial charge in [0.2, 0.25) is 0 Å². The van der Waals surface area contributed by atoms with Crippen molar-refractivity contribution in [1.82, 2.24) is 19.6 Å². The van der Waals surface area contributed by atoms with Gasteiger partial charge in [0.05, 0.1) is 24.3 Å². The third-order valence-electron chi connectivity index (χ3n) is 6.36. The van der Waals surface area contributed by atoms with Crippen LogP contribution in [0.3, 0.4) is 0 Å². The molecule has 9 nitrogen and oxygen atoms in total. The molecule has 1 amide bonds. The molecule has 0 aliphatic carbocycles. The summed E-state index contributed by atoms with van der Waals surface area (Å²) in [7, 11) is 2.10. The molecule has 1 aromatic carbocycles. The lowest BCUT2D eigenvalue weighted by atomic mass is 10.0. The van der Waals surface area contributed by atoms with Crippen LogP contribution in [-0.4, -0.2) is 56.6 Å². The summed E-state index contributed by atoms with van der Waals surface area (Å²) in [5.41, 5.74) is 2.50. The molecule has 1 fully saturated rings. The van der Waals surface area contributed by atoms with Crippen molar-refractivity contribution in [1.29, 1.82) is 0 Å². The number of carbonyl (C=O) groups is 1. The van der Waals surface area contributed by atoms with Crippen molar-refractivity contribution < 1.29 is 14.1 Å². The molecule has 0 spiro atoms. The Morgan fingerprint density at radius 3 is 2.48 bits per heavy atom. The molecule has 0 atom stereocenters. The van der Waals surface area contributed by atoms with Crippen LogP contribution in [-0.2, 0) is 13.1 Å². The summed E-state index contributed by atoms with van der Waals surface area (Å²) in [4.78, 5) is 28.5. The van der Waals surface area contributed by atoms with Crippen LogP contribution in [0.5, 0.6) is 0 Å². The molecule has 1 aliphatic heterocycles. The Kier molecular flexibility index (Phi) is 6.60. The maximum absolute atomic E-state index is 13.5. The molecule has 3 heterocycles. The predicted octanol–water partition coefficient (Wildman–Crippen LogP) is 3.79. The Hall–Kier alpha value is -3.46. The number of amides is 1. The number of rotatable bonds is 7. The minimum Gasteiger partial charge on any atom is -0.467 e. The second kappa shape index (κ2) is 9.58. The monoisotopic (exact) mass is 451 g/mol. The minimum atomic E-state index is -0.396. The van der Waals surface area contributed by atoms with Gasteiger partial charge in [0.15, 0.2) is 0 Å². The van der Waals surface area contributed by atoms with Gasteiger partial charge in [-0.1, -0.05) is 12.1 Å². The SMILES string of the molecule is Cc1nn(Cc2ccc(C(=O)N(Cc3ccco3)C3CCN(C)CC3)cc2)c(C)c1[N+](=O)[O-]. The molecule has 33 heavy (non-hydrogen) atoms. The highest BCUT2D eigenvalue weighted by atomic mass is 16.6. The van der Waals surface area contributed by atoms with Crippen LogP contribution in [0.4, 0.5) is 5.69 Å². The average molecular weight is 452 g/mol. The first-order valence-electron chi connectivity index (χ1n) is 11.1. The minimum absolute atomic E-state index is 0.0192. The van der Waals surface area contributed by atoms with E-state index in [0.717, 1.165) is 37.3 Å². The van der Waals surface area contributed by atoms with Gasteiger partial charge < -0.3 is 14.2 Å². The molecular formula is C24H29N5O4. The van der Waals surface area contributed by atoms with E-state index in [9.17, 15) is 14.9 Å². The van der Waals surface area contributed by atoms with E-state index in [4.69, 9.17) is 4.42 Å². The normalized spacial score (nSPS) is 15.0. The van der Waals surface area contributed by atoms with Crippen molar-refractivity contribution in [2.45, 2.75) is 45.8 Å². The van der Waals surface area contributed by atoms with E-state index in [0.29, 0.717) is 30.0 Å². The van der Waals surface area contributed by atoms with Gasteiger partial charge in [0.1, 0.15) is 17.1 Å². The zero-order chi connectivity index (χ0) is 23.5. The van der Waals surface area contributed by atoms with Gasteiger partial charge >= 0.3 is 5.69 Å². The van der Waals surface area contributed by atoms with E-state index in [2.05, 4.69) is 17.0 Å². The second-order valence-corrected chi connectivity index (χ2v) is 8.68. The number of hydrogen-bond acceptors (Lipinski definition) is 6. The number of nitro groups is 1. The standard InChI is InChI=1S/C24H29N5O4/c1-17-23(29(31)32)18(2)28(25-17)15-19-6-8-20(9-7-19)24(30)27(16-22-5-4-14-33-22)21-10-12-26(3)13-11-21/h4-9,14,21H,10-13,15-16H2,1-3H3. The predicted molar refractivity (Wildman–Crippen MR) is 123 cm³/mol. The van der Waals surface area contributed by atoms with E-state index < -0.39 is 4.92 Å². The van der Waals surface area contributed by atoms with Crippen LogP contribution in [0.1, 0.15) is 45.9 Å². The van der Waals surface area contributed by atoms with Crippen molar-refractivity contribution in [2.24, 2.45) is 0 Å². The smallest absolute Gasteiger partial charge is 0.312 e. The van der Waals surface area contributed by atoms with Crippen LogP contribution in [0.25, 0.3) is 0 Å². The number of benzene rings is 1. The molecule has 0 bridgehead atoms. The second-order valence-electron chi connectivity index (χ2n) is 8.68. The number of furan rings is 1. The molecule has 4 rings (SSSR count). The fourth-order valence-electron chi connectivity index (χ4n) is 4.44. The molecule has 3 aromatic rings. The van der Waals surface area contributed by atoms with E-state index >= 15 is 0 Å². The van der Waals surface area contributed by atoms with Gasteiger partial charge in [-0.3, -0.25) is 19.6 Å². The summed E-state index contributed by atoms with van der Waals surface area (Å²) in [6.07, 6.45) is 3.49. The maximum Gasteiger partial charge on any atom is 0.312 e. The lowest BCUT2D eigenvalue weighted by molar-refractivity contribution is -0.386. The number of piperidine rings is 1. The highest BCUT2D eigenvalue weighted by Crippen LogP contribution is 2.24. The number of carbonyl (C=O) groups excluding carboxylic acids is 1. The molecule has 174 valence electrons. The van der Waals surface area contributed by atoms with Gasteiger partial charge in [-0.2, -0.15) is 5.10 Å². The maximum atomic E-state index is 13.5. The Bertz CT molecular complexity index is 1110. The number of aromatic nitrogens is 2. The molecular weight excluding hydrogens is 422 g/mol. The molecule has 9 heteroatoms. The molecule has 2 aromatic heterocycles. The topological polar surface area (TPSA) is 97.7 Å². The summed E-state index contributed by atoms with van der Waals surface area (Å²) in [6, 6.07) is 11.3. The van der Waals surface area contributed by atoms with Gasteiger partial charge in [0, 0.05) is 11.6 Å². The van der Waals surface area contributed by atoms with Crippen molar-refractivity contribution in [3.63, 3.8) is 0 Å². The molecule has 0 N–H and O–H groups in total. The Morgan fingerprint density at radius 1 is 1.21 bits per heavy atom. The first-order chi connectivity index (χ1) is 15.8. The highest BCUT2D eigenvalue weighted by Gasteiger charge is 2.28. The van der Waals surface area contributed by atoms with E-state index in [1.165, 1.54) is 0 Å². The largest absolute Gasteiger partial charge is 0.467 e. The van der Waals surface area contributed by atoms with Gasteiger partial charge in [-0.05, 0) is 76.7 Å². The summed E-state index contributed by atoms with van der Waals surface area (Å²) >= 11 is 0. The number of likely N-dealkylation sites (tertiary alicyclic amines) is 1. The lowest BCUT2D eigenvalue weighted by Crippen LogP contribution is -2.46. The van der Waals surface area contributed by atoms with E-state index in [1.54, 1.807) is 24.8 Å². The average Bonchev–Trinajstić information content (AvgIpc) is 3.40. The first kappa shape index (κ1) is 22.7. The molecule has 1 aliphatic rings. The fourth-order valence-corrected chi connectivity index (χ4v) is 4.44. The summed E-state index contributed by atoms with van der Waals surface area (Å²) < 4.78 is 7.16. The Labute approximate surface area is 192 Å². The van der Waals surface area contributed by atoms with Crippen LogP contribution < -0.4 is 0 Å². The highest BCUT2D eigenvalue weighted by molar-refractivity contribution is 5.94. The summed E-state index contributed by atoms with van der Waals surface area (Å²) in [5.74, 6) is 0.749. The zero-order valence-electron chi connectivity index (χ0n) is 19.2. The fraction of sp³-hybridized carbons (Fsp3) is 0.417. The molecule has 0 radical (unpaired) electrons. The van der Waals surface area contributed by atoms with Crippen LogP contribution >= 0.6 is 0 Å². The van der Waals surface area contributed by atoms with E-state index in [1.807, 2.05) is 41.3 Å². The first-order valence-corrected chi connectivity index (χ1v) is 11.1. The lowest BCUT2D eigenvalue weighted by Gasteiger charge is -2.37. The molecule has 0 saturated carbocycles. The third-order valence-corrected chi connectivity index (χ3v) is 6.36. The van der Waals surface area contributed by atoms with Crippen molar-refractivity contribution >= 4 is 11.6 Å². The zero-order valence-corrected chi connectivity index (χ0v) is 19.2. The van der Waals surface area contributed by atoms with Gasteiger partial charge in [-0.25, -0.2) is 0 Å². The van der Waals surface area contributed by atoms with Crippen LogP contribution in [0.2, 0.25) is 0 Å². The van der Waals surface area contributed by atoms with Gasteiger partial charge in [0.25, 0.3) is 5.91 Å². The van der Waals surface area contributed by atoms with Crippen LogP contribution in [0.15, 0.2) is 47.1 Å². The quantitative estimate of drug-likeness (QED) is 0.400. The van der Waals surface area contributed by atoms with Gasteiger partial charge in [-0.15, -0.1) is 0 Å². The number of nitrogens with zero attached hydrogens (tertiary/aromatic N) is 5. The summed E-state index contributed by atoms with van der Waals surface area (Å²) in [6.45, 7) is 6.10. The summed E-state index contributed by atoms with van der Waals surface area (Å²) in [5, 5.41) is 15.6.